The van der Waals surface area contributed by atoms with Crippen molar-refractivity contribution in [3.8, 4) is 0 Å². The molecule has 0 bridgehead atoms. The Bertz CT molecular complexity index is 618. The second-order valence-electron chi connectivity index (χ2n) is 6.59. The van der Waals surface area contributed by atoms with Crippen LogP contribution in [0.15, 0.2) is 53.1 Å². The minimum Gasteiger partial charge on any atom is -0.467 e. The third-order valence-corrected chi connectivity index (χ3v) is 4.72. The van der Waals surface area contributed by atoms with E-state index in [-0.39, 0.29) is 18.0 Å². The van der Waals surface area contributed by atoms with E-state index in [0.29, 0.717) is 6.04 Å². The van der Waals surface area contributed by atoms with Crippen molar-refractivity contribution in [1.29, 1.82) is 0 Å². The van der Waals surface area contributed by atoms with E-state index in [1.807, 2.05) is 49.4 Å². The van der Waals surface area contributed by atoms with Gasteiger partial charge in [-0.25, -0.2) is 0 Å². The number of amides is 1. The summed E-state index contributed by atoms with van der Waals surface area (Å²) >= 11 is 0. The molecule has 0 radical (unpaired) electrons. The Hall–Kier alpha value is -2.07. The summed E-state index contributed by atoms with van der Waals surface area (Å²) in [5.41, 5.74) is 1.09. The highest BCUT2D eigenvalue weighted by molar-refractivity contribution is 5.81. The third-order valence-electron chi connectivity index (χ3n) is 4.72. The number of rotatable bonds is 6. The topological polar surface area (TPSA) is 54.3 Å². The summed E-state index contributed by atoms with van der Waals surface area (Å²) in [5, 5.41) is 6.61. The van der Waals surface area contributed by atoms with Gasteiger partial charge in [0.15, 0.2) is 0 Å². The minimum absolute atomic E-state index is 0.0642. The van der Waals surface area contributed by atoms with Crippen molar-refractivity contribution in [1.82, 2.24) is 10.6 Å². The van der Waals surface area contributed by atoms with Crippen LogP contribution in [0, 0.1) is 0 Å². The molecule has 1 aliphatic carbocycles. The second kappa shape index (κ2) is 8.15. The summed E-state index contributed by atoms with van der Waals surface area (Å²) in [7, 11) is 0. The Morgan fingerprint density at radius 1 is 1.08 bits per heavy atom. The summed E-state index contributed by atoms with van der Waals surface area (Å²) in [5.74, 6) is 0.882. The third kappa shape index (κ3) is 4.26. The smallest absolute Gasteiger partial charge is 0.237 e. The predicted octanol–water partition coefficient (Wildman–Crippen LogP) is 3.80. The average molecular weight is 326 g/mol. The van der Waals surface area contributed by atoms with Crippen molar-refractivity contribution in [2.75, 3.05) is 0 Å². The molecule has 3 rings (SSSR count). The molecule has 0 saturated heterocycles. The SMILES string of the molecule is C[C@@H](N[C@@H](c1ccccc1)c1ccco1)C(=O)NC1CCCCC1. The Morgan fingerprint density at radius 2 is 1.83 bits per heavy atom. The lowest BCUT2D eigenvalue weighted by Crippen LogP contribution is -2.47. The maximum Gasteiger partial charge on any atom is 0.237 e. The fourth-order valence-electron chi connectivity index (χ4n) is 3.34. The molecule has 1 amide bonds. The molecule has 1 heterocycles. The highest BCUT2D eigenvalue weighted by Gasteiger charge is 2.24. The second-order valence-corrected chi connectivity index (χ2v) is 6.59. The van der Waals surface area contributed by atoms with Crippen LogP contribution in [0.1, 0.15) is 56.4 Å². The first-order valence-corrected chi connectivity index (χ1v) is 8.89. The molecule has 1 fully saturated rings. The van der Waals surface area contributed by atoms with Gasteiger partial charge in [0.2, 0.25) is 5.91 Å². The van der Waals surface area contributed by atoms with Gasteiger partial charge < -0.3 is 9.73 Å². The van der Waals surface area contributed by atoms with Crippen molar-refractivity contribution >= 4 is 5.91 Å². The molecule has 1 aromatic heterocycles. The molecule has 0 unspecified atom stereocenters. The molecule has 24 heavy (non-hydrogen) atoms. The van der Waals surface area contributed by atoms with E-state index in [1.54, 1.807) is 6.26 Å². The number of benzene rings is 1. The molecule has 1 saturated carbocycles. The van der Waals surface area contributed by atoms with Crippen LogP contribution in [0.3, 0.4) is 0 Å². The van der Waals surface area contributed by atoms with Crippen molar-refractivity contribution in [2.45, 2.75) is 57.2 Å². The van der Waals surface area contributed by atoms with Crippen LogP contribution < -0.4 is 10.6 Å². The molecule has 2 N–H and O–H groups in total. The van der Waals surface area contributed by atoms with E-state index < -0.39 is 0 Å². The molecule has 2 atom stereocenters. The van der Waals surface area contributed by atoms with Crippen molar-refractivity contribution in [2.24, 2.45) is 0 Å². The van der Waals surface area contributed by atoms with Crippen molar-refractivity contribution < 1.29 is 9.21 Å². The van der Waals surface area contributed by atoms with Crippen LogP contribution in [0.4, 0.5) is 0 Å². The lowest BCUT2D eigenvalue weighted by molar-refractivity contribution is -0.123. The summed E-state index contributed by atoms with van der Waals surface area (Å²) in [6, 6.07) is 13.8. The fraction of sp³-hybridized carbons (Fsp3) is 0.450. The van der Waals surface area contributed by atoms with E-state index in [0.717, 1.165) is 24.2 Å². The van der Waals surface area contributed by atoms with Crippen molar-refractivity contribution in [3.05, 3.63) is 60.1 Å². The molecular weight excluding hydrogens is 300 g/mol. The molecule has 4 heteroatoms. The normalized spacial score (nSPS) is 18.0. The van der Waals surface area contributed by atoms with Gasteiger partial charge in [-0.3, -0.25) is 10.1 Å². The maximum atomic E-state index is 12.5. The van der Waals surface area contributed by atoms with E-state index in [2.05, 4.69) is 10.6 Å². The van der Waals surface area contributed by atoms with Crippen LogP contribution in [0.25, 0.3) is 0 Å². The van der Waals surface area contributed by atoms with Gasteiger partial charge in [-0.1, -0.05) is 49.6 Å². The summed E-state index contributed by atoms with van der Waals surface area (Å²) in [4.78, 5) is 12.5. The van der Waals surface area contributed by atoms with Crippen molar-refractivity contribution in [3.63, 3.8) is 0 Å². The van der Waals surface area contributed by atoms with Gasteiger partial charge >= 0.3 is 0 Å². The van der Waals surface area contributed by atoms with Gasteiger partial charge in [0, 0.05) is 6.04 Å². The van der Waals surface area contributed by atoms with Gasteiger partial charge in [0.1, 0.15) is 5.76 Å². The Balaban J connectivity index is 1.66. The lowest BCUT2D eigenvalue weighted by atomic mass is 9.95. The highest BCUT2D eigenvalue weighted by Crippen LogP contribution is 2.23. The van der Waals surface area contributed by atoms with Gasteiger partial charge in [-0.15, -0.1) is 0 Å². The van der Waals surface area contributed by atoms with Gasteiger partial charge in [-0.2, -0.15) is 0 Å². The first-order valence-electron chi connectivity index (χ1n) is 8.89. The molecule has 4 nitrogen and oxygen atoms in total. The zero-order valence-electron chi connectivity index (χ0n) is 14.2. The number of carbonyl (C=O) groups is 1. The summed E-state index contributed by atoms with van der Waals surface area (Å²) < 4.78 is 5.59. The maximum absolute atomic E-state index is 12.5. The molecule has 1 aliphatic rings. The molecule has 1 aromatic carbocycles. The molecular formula is C20H26N2O2. The zero-order valence-corrected chi connectivity index (χ0v) is 14.2. The average Bonchev–Trinajstić information content (AvgIpc) is 3.15. The van der Waals surface area contributed by atoms with Crippen LogP contribution in [-0.4, -0.2) is 18.0 Å². The van der Waals surface area contributed by atoms with Crippen LogP contribution in [0.2, 0.25) is 0 Å². The summed E-state index contributed by atoms with van der Waals surface area (Å²) in [6.45, 7) is 1.91. The van der Waals surface area contributed by atoms with E-state index in [9.17, 15) is 4.79 Å². The number of carbonyl (C=O) groups excluding carboxylic acids is 1. The molecule has 0 aliphatic heterocycles. The molecule has 2 aromatic rings. The lowest BCUT2D eigenvalue weighted by Gasteiger charge is -2.26. The quantitative estimate of drug-likeness (QED) is 0.849. The zero-order chi connectivity index (χ0) is 16.8. The van der Waals surface area contributed by atoms with E-state index in [1.165, 1.54) is 19.3 Å². The van der Waals surface area contributed by atoms with Crippen LogP contribution in [0.5, 0.6) is 0 Å². The van der Waals surface area contributed by atoms with Gasteiger partial charge in [-0.05, 0) is 37.5 Å². The predicted molar refractivity (Wildman–Crippen MR) is 94.6 cm³/mol. The number of nitrogens with one attached hydrogen (secondary N) is 2. The Kier molecular flexibility index (Phi) is 5.70. The summed E-state index contributed by atoms with van der Waals surface area (Å²) in [6.07, 6.45) is 7.57. The van der Waals surface area contributed by atoms with Gasteiger partial charge in [0.05, 0.1) is 18.3 Å². The first-order chi connectivity index (χ1) is 11.7. The fourth-order valence-corrected chi connectivity index (χ4v) is 3.34. The monoisotopic (exact) mass is 326 g/mol. The number of furan rings is 1. The largest absolute Gasteiger partial charge is 0.467 e. The number of hydrogen-bond acceptors (Lipinski definition) is 3. The Labute approximate surface area is 143 Å². The van der Waals surface area contributed by atoms with E-state index >= 15 is 0 Å². The molecule has 0 spiro atoms. The Morgan fingerprint density at radius 3 is 2.50 bits per heavy atom. The van der Waals surface area contributed by atoms with Crippen LogP contribution >= 0.6 is 0 Å². The first kappa shape index (κ1) is 16.8. The van der Waals surface area contributed by atoms with Gasteiger partial charge in [0.25, 0.3) is 0 Å². The standard InChI is InChI=1S/C20H26N2O2/c1-15(20(23)22-17-11-6-3-7-12-17)21-19(18-13-8-14-24-18)16-9-4-2-5-10-16/h2,4-5,8-10,13-15,17,19,21H,3,6-7,11-12H2,1H3,(H,22,23)/t15-,19+/m1/s1. The minimum atomic E-state index is -0.290. The van der Waals surface area contributed by atoms with Crippen LogP contribution in [-0.2, 0) is 4.79 Å². The molecule has 128 valence electrons. The number of hydrogen-bond donors (Lipinski definition) is 2. The highest BCUT2D eigenvalue weighted by atomic mass is 16.3. The van der Waals surface area contributed by atoms with E-state index in [4.69, 9.17) is 4.42 Å².